The van der Waals surface area contributed by atoms with E-state index in [1.807, 2.05) is 0 Å². The van der Waals surface area contributed by atoms with Crippen LogP contribution in [0.25, 0.3) is 10.8 Å². The molecule has 0 heterocycles. The summed E-state index contributed by atoms with van der Waals surface area (Å²) in [4.78, 5) is 0. The molecule has 2 aromatic carbocycles. The zero-order chi connectivity index (χ0) is 12.2. The van der Waals surface area contributed by atoms with Crippen LogP contribution in [0.2, 0.25) is 0 Å². The molecule has 0 N–H and O–H groups in total. The molecule has 92 valence electrons. The topological polar surface area (TPSA) is 0 Å². The summed E-state index contributed by atoms with van der Waals surface area (Å²) in [5, 5.41) is 2.92. The van der Waals surface area contributed by atoms with Crippen LogP contribution < -0.4 is 0 Å². The van der Waals surface area contributed by atoms with Crippen molar-refractivity contribution < 1.29 is 0 Å². The molecule has 2 atom stereocenters. The Labute approximate surface area is 109 Å². The first-order chi connectivity index (χ1) is 8.78. The average Bonchev–Trinajstić information content (AvgIpc) is 2.80. The molecule has 0 saturated heterocycles. The van der Waals surface area contributed by atoms with E-state index in [9.17, 15) is 0 Å². The molecule has 18 heavy (non-hydrogen) atoms. The second-order valence-electron chi connectivity index (χ2n) is 6.45. The molecule has 2 aliphatic rings. The van der Waals surface area contributed by atoms with Gasteiger partial charge in [-0.05, 0) is 58.9 Å². The third kappa shape index (κ3) is 1.32. The first-order valence-corrected chi connectivity index (χ1v) is 7.28. The summed E-state index contributed by atoms with van der Waals surface area (Å²) in [5.41, 5.74) is 3.91. The van der Waals surface area contributed by atoms with Crippen molar-refractivity contribution in [3.63, 3.8) is 0 Å². The van der Waals surface area contributed by atoms with Crippen LogP contribution in [0.5, 0.6) is 0 Å². The zero-order valence-corrected chi connectivity index (χ0v) is 11.1. The minimum absolute atomic E-state index is 0.593. The van der Waals surface area contributed by atoms with Gasteiger partial charge in [-0.25, -0.2) is 0 Å². The van der Waals surface area contributed by atoms with E-state index < -0.39 is 0 Å². The second-order valence-corrected chi connectivity index (χ2v) is 6.45. The smallest absolute Gasteiger partial charge is 0.0105 e. The number of rotatable bonds is 0. The summed E-state index contributed by atoms with van der Waals surface area (Å²) in [7, 11) is 0. The summed E-state index contributed by atoms with van der Waals surface area (Å²) in [6, 6.07) is 13.6. The summed E-state index contributed by atoms with van der Waals surface area (Å²) >= 11 is 0. The highest BCUT2D eigenvalue weighted by Crippen LogP contribution is 2.56. The van der Waals surface area contributed by atoms with Crippen molar-refractivity contribution >= 4 is 10.8 Å². The lowest BCUT2D eigenvalue weighted by molar-refractivity contribution is 0.253. The van der Waals surface area contributed by atoms with Gasteiger partial charge in [-0.2, -0.15) is 0 Å². The van der Waals surface area contributed by atoms with Crippen molar-refractivity contribution in [3.05, 3.63) is 47.5 Å². The van der Waals surface area contributed by atoms with Gasteiger partial charge in [-0.1, -0.05) is 49.7 Å². The maximum atomic E-state index is 2.52. The SMILES string of the molecule is C[C@]12CCC[C@@H]1c1ccc3ccccc3c1CC2. The van der Waals surface area contributed by atoms with Crippen molar-refractivity contribution in [1.29, 1.82) is 0 Å². The van der Waals surface area contributed by atoms with Gasteiger partial charge < -0.3 is 0 Å². The van der Waals surface area contributed by atoms with Gasteiger partial charge in [-0.3, -0.25) is 0 Å². The maximum Gasteiger partial charge on any atom is -0.0105 e. The van der Waals surface area contributed by atoms with Crippen molar-refractivity contribution in [2.75, 3.05) is 0 Å². The zero-order valence-electron chi connectivity index (χ0n) is 11.1. The predicted octanol–water partition coefficient (Wildman–Crippen LogP) is 5.06. The molecule has 0 unspecified atom stereocenters. The summed E-state index contributed by atoms with van der Waals surface area (Å²) < 4.78 is 0. The molecule has 4 rings (SSSR count). The molecule has 1 saturated carbocycles. The van der Waals surface area contributed by atoms with Gasteiger partial charge in [-0.15, -0.1) is 0 Å². The van der Waals surface area contributed by atoms with E-state index in [-0.39, 0.29) is 0 Å². The van der Waals surface area contributed by atoms with Crippen LogP contribution in [0.1, 0.15) is 49.7 Å². The normalized spacial score (nSPS) is 30.2. The van der Waals surface area contributed by atoms with Crippen LogP contribution in [0.4, 0.5) is 0 Å². The van der Waals surface area contributed by atoms with Gasteiger partial charge in [0.2, 0.25) is 0 Å². The quantitative estimate of drug-likeness (QED) is 0.599. The summed E-state index contributed by atoms with van der Waals surface area (Å²) in [6.07, 6.45) is 6.93. The largest absolute Gasteiger partial charge is 0.0616 e. The lowest BCUT2D eigenvalue weighted by Crippen LogP contribution is -2.26. The monoisotopic (exact) mass is 236 g/mol. The highest BCUT2D eigenvalue weighted by atomic mass is 14.5. The average molecular weight is 236 g/mol. The Bertz CT molecular complexity index is 610. The molecular formula is C18H20. The lowest BCUT2D eigenvalue weighted by atomic mass is 9.66. The Morgan fingerprint density at radius 1 is 1.06 bits per heavy atom. The standard InChI is InChI=1S/C18H20/c1-18-11-4-7-17(18)16-9-8-13-5-2-3-6-14(13)15(16)10-12-18/h2-3,5-6,8-9,17H,4,7,10-12H2,1H3/t17-,18-/m1/s1. The number of aryl methyl sites for hydroxylation is 1. The number of benzene rings is 2. The Morgan fingerprint density at radius 2 is 1.94 bits per heavy atom. The third-order valence-corrected chi connectivity index (χ3v) is 5.48. The fourth-order valence-electron chi connectivity index (χ4n) is 4.43. The second kappa shape index (κ2) is 3.60. The molecule has 2 aliphatic carbocycles. The molecule has 0 amide bonds. The van der Waals surface area contributed by atoms with Gasteiger partial charge in [0, 0.05) is 0 Å². The summed E-state index contributed by atoms with van der Waals surface area (Å²) in [6.45, 7) is 2.52. The van der Waals surface area contributed by atoms with Crippen molar-refractivity contribution in [2.45, 2.75) is 44.9 Å². The van der Waals surface area contributed by atoms with Gasteiger partial charge in [0.15, 0.2) is 0 Å². The van der Waals surface area contributed by atoms with E-state index in [1.165, 1.54) is 42.9 Å². The molecule has 0 spiro atoms. The molecule has 0 aromatic heterocycles. The van der Waals surface area contributed by atoms with E-state index in [4.69, 9.17) is 0 Å². The Morgan fingerprint density at radius 3 is 2.89 bits per heavy atom. The maximum absolute atomic E-state index is 2.52. The van der Waals surface area contributed by atoms with Crippen LogP contribution in [0.15, 0.2) is 36.4 Å². The molecule has 0 aliphatic heterocycles. The fourth-order valence-corrected chi connectivity index (χ4v) is 4.43. The molecule has 1 fully saturated rings. The Kier molecular flexibility index (Phi) is 2.12. The van der Waals surface area contributed by atoms with Crippen LogP contribution in [-0.4, -0.2) is 0 Å². The highest BCUT2D eigenvalue weighted by molar-refractivity contribution is 5.87. The van der Waals surface area contributed by atoms with Crippen LogP contribution in [0, 0.1) is 5.41 Å². The van der Waals surface area contributed by atoms with Gasteiger partial charge >= 0.3 is 0 Å². The number of hydrogen-bond acceptors (Lipinski definition) is 0. The van der Waals surface area contributed by atoms with Gasteiger partial charge in [0.05, 0.1) is 0 Å². The fraction of sp³-hybridized carbons (Fsp3) is 0.444. The first kappa shape index (κ1) is 10.6. The lowest BCUT2D eigenvalue weighted by Gasteiger charge is -2.38. The van der Waals surface area contributed by atoms with E-state index in [0.717, 1.165) is 5.92 Å². The van der Waals surface area contributed by atoms with Gasteiger partial charge in [0.1, 0.15) is 0 Å². The van der Waals surface area contributed by atoms with Crippen molar-refractivity contribution in [2.24, 2.45) is 5.41 Å². The molecule has 0 heteroatoms. The van der Waals surface area contributed by atoms with E-state index >= 15 is 0 Å². The molecule has 0 bridgehead atoms. The molecular weight excluding hydrogens is 216 g/mol. The predicted molar refractivity (Wildman–Crippen MR) is 77.0 cm³/mol. The van der Waals surface area contributed by atoms with Crippen LogP contribution in [-0.2, 0) is 6.42 Å². The van der Waals surface area contributed by atoms with Crippen LogP contribution in [0.3, 0.4) is 0 Å². The van der Waals surface area contributed by atoms with E-state index in [2.05, 4.69) is 43.3 Å². The van der Waals surface area contributed by atoms with Crippen LogP contribution >= 0.6 is 0 Å². The van der Waals surface area contributed by atoms with E-state index in [0.29, 0.717) is 5.41 Å². The Balaban J connectivity index is 1.97. The molecule has 2 aromatic rings. The summed E-state index contributed by atoms with van der Waals surface area (Å²) in [5.74, 6) is 0.825. The minimum Gasteiger partial charge on any atom is -0.0616 e. The van der Waals surface area contributed by atoms with E-state index in [1.54, 1.807) is 11.1 Å². The minimum atomic E-state index is 0.593. The van der Waals surface area contributed by atoms with Crippen molar-refractivity contribution in [1.82, 2.24) is 0 Å². The third-order valence-electron chi connectivity index (χ3n) is 5.48. The highest BCUT2D eigenvalue weighted by Gasteiger charge is 2.42. The first-order valence-electron chi connectivity index (χ1n) is 7.28. The Hall–Kier alpha value is -1.30. The number of hydrogen-bond donors (Lipinski definition) is 0. The van der Waals surface area contributed by atoms with Crippen molar-refractivity contribution in [3.8, 4) is 0 Å². The molecule has 0 radical (unpaired) electrons. The van der Waals surface area contributed by atoms with Gasteiger partial charge in [0.25, 0.3) is 0 Å². The number of fused-ring (bicyclic) bond motifs is 5. The molecule has 0 nitrogen and oxygen atoms in total.